The summed E-state index contributed by atoms with van der Waals surface area (Å²) in [6.45, 7) is 17.7. The lowest BCUT2D eigenvalue weighted by Crippen LogP contribution is -2.39. The molecule has 0 aliphatic carbocycles. The van der Waals surface area contributed by atoms with Gasteiger partial charge in [0.15, 0.2) is 0 Å². The van der Waals surface area contributed by atoms with Crippen LogP contribution in [0.25, 0.3) is 0 Å². The lowest BCUT2D eigenvalue weighted by atomic mass is 9.89. The minimum atomic E-state index is -0.0731. The molecule has 2 aromatic heterocycles. The number of carbonyl (C=O) groups is 1. The van der Waals surface area contributed by atoms with Crippen LogP contribution in [0.5, 0.6) is 0 Å². The number of fused-ring (bicyclic) bond motifs is 1. The topological polar surface area (TPSA) is 56.4 Å². The number of hydrogen-bond donors (Lipinski definition) is 1. The molecule has 35 heavy (non-hydrogen) atoms. The van der Waals surface area contributed by atoms with Gasteiger partial charge in [-0.05, 0) is 101 Å². The second-order valence-corrected chi connectivity index (χ2v) is 13.2. The first-order chi connectivity index (χ1) is 16.5. The molecule has 6 heteroatoms. The molecular formula is C29H43N3O2S. The van der Waals surface area contributed by atoms with Gasteiger partial charge in [0.25, 0.3) is 11.5 Å². The maximum Gasteiger partial charge on any atom is 0.255 e. The number of H-pyrrole nitrogens is 1. The predicted octanol–water partition coefficient (Wildman–Crippen LogP) is 5.64. The summed E-state index contributed by atoms with van der Waals surface area (Å²) < 4.78 is 0. The summed E-state index contributed by atoms with van der Waals surface area (Å²) >= 11 is 1.87. The number of thiophene rings is 1. The fraction of sp³-hybridized carbons (Fsp3) is 0.655. The fourth-order valence-electron chi connectivity index (χ4n) is 5.87. The number of hydrogen-bond acceptors (Lipinski definition) is 4. The molecular weight excluding hydrogens is 454 g/mol. The minimum absolute atomic E-state index is 0.0731. The van der Waals surface area contributed by atoms with Crippen LogP contribution in [0.3, 0.4) is 0 Å². The Bertz CT molecular complexity index is 1120. The molecule has 5 nitrogen and oxygen atoms in total. The number of amides is 1. The zero-order valence-corrected chi connectivity index (χ0v) is 23.4. The van der Waals surface area contributed by atoms with Crippen molar-refractivity contribution in [2.45, 2.75) is 86.6 Å². The molecule has 0 aromatic carbocycles. The van der Waals surface area contributed by atoms with Gasteiger partial charge in [-0.1, -0.05) is 20.8 Å². The molecule has 0 atom stereocenters. The number of nitrogens with one attached hydrogen (secondary N) is 1. The van der Waals surface area contributed by atoms with E-state index < -0.39 is 0 Å². The van der Waals surface area contributed by atoms with Crippen LogP contribution < -0.4 is 5.56 Å². The van der Waals surface area contributed by atoms with E-state index in [9.17, 15) is 9.59 Å². The molecule has 2 aliphatic heterocycles. The van der Waals surface area contributed by atoms with Crippen molar-refractivity contribution in [1.29, 1.82) is 0 Å². The molecule has 192 valence electrons. The first kappa shape index (κ1) is 26.2. The normalized spacial score (nSPS) is 18.1. The number of aryl methyl sites for hydroxylation is 4. The quantitative estimate of drug-likeness (QED) is 0.562. The van der Waals surface area contributed by atoms with Gasteiger partial charge < -0.3 is 14.8 Å². The summed E-state index contributed by atoms with van der Waals surface area (Å²) in [6.07, 6.45) is 6.79. The lowest BCUT2D eigenvalue weighted by molar-refractivity contribution is 0.0747. The largest absolute Gasteiger partial charge is 0.334 e. The van der Waals surface area contributed by atoms with Crippen molar-refractivity contribution in [2.24, 2.45) is 11.3 Å². The summed E-state index contributed by atoms with van der Waals surface area (Å²) in [6, 6.07) is 1.99. The second-order valence-electron chi connectivity index (χ2n) is 12.0. The third-order valence-corrected chi connectivity index (χ3v) is 9.09. The van der Waals surface area contributed by atoms with E-state index in [2.05, 4.69) is 37.6 Å². The van der Waals surface area contributed by atoms with E-state index in [1.54, 1.807) is 0 Å². The summed E-state index contributed by atoms with van der Waals surface area (Å²) in [7, 11) is 0. The number of aromatic amines is 1. The van der Waals surface area contributed by atoms with Crippen molar-refractivity contribution in [3.63, 3.8) is 0 Å². The standard InChI is InChI=1S/C29H43N3O2S/c1-19-16-20(2)30-27(33)23(19)17-32-13-7-8-25-26(28(32)34)21(3)24(35-25)10-9-22-11-14-31(15-12-22)18-29(4,5)6/h16,22H,7-15,17-18H2,1-6H3,(H,30,33). The van der Waals surface area contributed by atoms with Crippen LogP contribution in [0.2, 0.25) is 0 Å². The van der Waals surface area contributed by atoms with Crippen LogP contribution in [0.15, 0.2) is 10.9 Å². The third-order valence-electron chi connectivity index (χ3n) is 7.68. The van der Waals surface area contributed by atoms with E-state index in [4.69, 9.17) is 0 Å². The number of nitrogens with zero attached hydrogens (tertiary/aromatic N) is 2. The van der Waals surface area contributed by atoms with Crippen molar-refractivity contribution in [3.05, 3.63) is 54.1 Å². The molecule has 0 bridgehead atoms. The van der Waals surface area contributed by atoms with E-state index >= 15 is 0 Å². The molecule has 1 N–H and O–H groups in total. The predicted molar refractivity (Wildman–Crippen MR) is 146 cm³/mol. The first-order valence-electron chi connectivity index (χ1n) is 13.3. The molecule has 0 saturated carbocycles. The van der Waals surface area contributed by atoms with Crippen LogP contribution in [0.4, 0.5) is 0 Å². The Kier molecular flexibility index (Phi) is 7.92. The molecule has 0 radical (unpaired) electrons. The molecule has 0 spiro atoms. The van der Waals surface area contributed by atoms with Crippen molar-refractivity contribution in [1.82, 2.24) is 14.8 Å². The highest BCUT2D eigenvalue weighted by Gasteiger charge is 2.29. The van der Waals surface area contributed by atoms with Gasteiger partial charge in [-0.2, -0.15) is 0 Å². The third kappa shape index (κ3) is 6.26. The Balaban J connectivity index is 1.41. The Morgan fingerprint density at radius 3 is 2.46 bits per heavy atom. The molecule has 1 saturated heterocycles. The van der Waals surface area contributed by atoms with Crippen LogP contribution >= 0.6 is 11.3 Å². The van der Waals surface area contributed by atoms with Gasteiger partial charge in [-0.25, -0.2) is 0 Å². The van der Waals surface area contributed by atoms with Gasteiger partial charge >= 0.3 is 0 Å². The molecule has 4 heterocycles. The molecule has 2 aromatic rings. The highest BCUT2D eigenvalue weighted by molar-refractivity contribution is 7.12. The number of aromatic nitrogens is 1. The summed E-state index contributed by atoms with van der Waals surface area (Å²) in [5, 5.41) is 0. The van der Waals surface area contributed by atoms with Crippen LogP contribution in [-0.4, -0.2) is 46.9 Å². The van der Waals surface area contributed by atoms with Crippen LogP contribution in [-0.2, 0) is 19.4 Å². The summed E-state index contributed by atoms with van der Waals surface area (Å²) in [4.78, 5) is 36.3. The molecule has 1 fully saturated rings. The van der Waals surface area contributed by atoms with Gasteiger partial charge in [-0.15, -0.1) is 11.3 Å². The van der Waals surface area contributed by atoms with Gasteiger partial charge in [0.1, 0.15) is 0 Å². The number of pyridine rings is 1. The Hall–Kier alpha value is -1.92. The molecule has 4 rings (SSSR count). The van der Waals surface area contributed by atoms with Gasteiger partial charge in [0.05, 0.1) is 12.1 Å². The van der Waals surface area contributed by atoms with Crippen LogP contribution in [0.1, 0.15) is 89.0 Å². The summed E-state index contributed by atoms with van der Waals surface area (Å²) in [5.74, 6) is 0.892. The van der Waals surface area contributed by atoms with Crippen LogP contribution in [0, 0.1) is 32.1 Å². The van der Waals surface area contributed by atoms with Gasteiger partial charge in [0.2, 0.25) is 0 Å². The van der Waals surface area contributed by atoms with E-state index in [0.29, 0.717) is 24.1 Å². The number of carbonyl (C=O) groups excluding carboxylic acids is 1. The number of likely N-dealkylation sites (tertiary alicyclic amines) is 1. The zero-order valence-electron chi connectivity index (χ0n) is 22.6. The highest BCUT2D eigenvalue weighted by atomic mass is 32.1. The Labute approximate surface area is 214 Å². The SMILES string of the molecule is Cc1cc(C)c(CN2CCCc3sc(CCC4CCN(CC(C)(C)C)CC4)c(C)c3C2=O)c(=O)[nH]1. The first-order valence-corrected chi connectivity index (χ1v) is 14.2. The Morgan fingerprint density at radius 1 is 1.09 bits per heavy atom. The molecule has 1 amide bonds. The van der Waals surface area contributed by atoms with E-state index in [1.807, 2.05) is 36.2 Å². The maximum absolute atomic E-state index is 13.6. The van der Waals surface area contributed by atoms with Crippen molar-refractivity contribution >= 4 is 17.2 Å². The van der Waals surface area contributed by atoms with Crippen molar-refractivity contribution in [3.8, 4) is 0 Å². The Morgan fingerprint density at radius 2 is 1.80 bits per heavy atom. The average Bonchev–Trinajstić information content (AvgIpc) is 2.98. The maximum atomic E-state index is 13.6. The van der Waals surface area contributed by atoms with E-state index in [-0.39, 0.29) is 11.5 Å². The summed E-state index contributed by atoms with van der Waals surface area (Å²) in [5.41, 5.74) is 4.92. The van der Waals surface area contributed by atoms with E-state index in [1.165, 1.54) is 54.2 Å². The zero-order chi connectivity index (χ0) is 25.3. The van der Waals surface area contributed by atoms with E-state index in [0.717, 1.165) is 42.0 Å². The smallest absolute Gasteiger partial charge is 0.255 e. The van der Waals surface area contributed by atoms with Crippen molar-refractivity contribution in [2.75, 3.05) is 26.2 Å². The molecule has 0 unspecified atom stereocenters. The monoisotopic (exact) mass is 497 g/mol. The number of rotatable bonds is 6. The average molecular weight is 498 g/mol. The minimum Gasteiger partial charge on any atom is -0.334 e. The van der Waals surface area contributed by atoms with Crippen molar-refractivity contribution < 1.29 is 4.79 Å². The van der Waals surface area contributed by atoms with Gasteiger partial charge in [-0.3, -0.25) is 9.59 Å². The lowest BCUT2D eigenvalue weighted by Gasteiger charge is -2.36. The number of piperidine rings is 1. The van der Waals surface area contributed by atoms with Gasteiger partial charge in [0, 0.05) is 34.1 Å². The second kappa shape index (κ2) is 10.6. The fourth-order valence-corrected chi connectivity index (χ4v) is 7.23. The molecule has 2 aliphatic rings. The highest BCUT2D eigenvalue weighted by Crippen LogP contribution is 2.35.